The van der Waals surface area contributed by atoms with Crippen molar-refractivity contribution in [1.82, 2.24) is 14.5 Å². The van der Waals surface area contributed by atoms with Crippen LogP contribution in [0.3, 0.4) is 0 Å². The fourth-order valence-electron chi connectivity index (χ4n) is 3.09. The number of benzene rings is 1. The minimum absolute atomic E-state index is 0.104. The Labute approximate surface area is 166 Å². The zero-order valence-corrected chi connectivity index (χ0v) is 16.5. The highest BCUT2D eigenvalue weighted by molar-refractivity contribution is 7.18. The molecule has 0 N–H and O–H groups in total. The minimum atomic E-state index is 0.104. The smallest absolute Gasteiger partial charge is 0.173 e. The zero-order chi connectivity index (χ0) is 18.8. The number of likely N-dealkylation sites (N-methyl/N-ethyl adjacent to an activating group) is 1. The topological polar surface area (TPSA) is 50.5 Å². The molecule has 0 saturated heterocycles. The maximum absolute atomic E-state index is 12.2. The average Bonchev–Trinajstić information content (AvgIpc) is 3.41. The van der Waals surface area contributed by atoms with Gasteiger partial charge < -0.3 is 9.47 Å². The lowest BCUT2D eigenvalue weighted by molar-refractivity contribution is 0.0986. The second-order valence-electron chi connectivity index (χ2n) is 6.47. The molecule has 0 unspecified atom stereocenters. The average molecular weight is 399 g/mol. The first-order valence-electron chi connectivity index (χ1n) is 8.78. The van der Waals surface area contributed by atoms with Crippen LogP contribution in [0, 0.1) is 0 Å². The van der Waals surface area contributed by atoms with Crippen molar-refractivity contribution in [2.45, 2.75) is 12.8 Å². The Balaban J connectivity index is 1.41. The molecule has 3 heterocycles. The maximum atomic E-state index is 12.2. The van der Waals surface area contributed by atoms with Crippen LogP contribution in [0.1, 0.15) is 27.3 Å². The number of imidazole rings is 1. The Bertz CT molecular complexity index is 990. The van der Waals surface area contributed by atoms with Gasteiger partial charge in [-0.2, -0.15) is 0 Å². The Hall–Kier alpha value is -2.44. The third kappa shape index (κ3) is 3.96. The Morgan fingerprint density at radius 2 is 2.04 bits per heavy atom. The van der Waals surface area contributed by atoms with Crippen molar-refractivity contribution in [3.63, 3.8) is 0 Å². The second kappa shape index (κ2) is 7.66. The third-order valence-corrected chi connectivity index (χ3v) is 5.85. The molecule has 0 radical (unpaired) electrons. The third-order valence-electron chi connectivity index (χ3n) is 4.57. The van der Waals surface area contributed by atoms with Gasteiger partial charge in [0, 0.05) is 37.5 Å². The molecule has 0 aliphatic carbocycles. The summed E-state index contributed by atoms with van der Waals surface area (Å²) in [6.07, 6.45) is 4.80. The lowest BCUT2D eigenvalue weighted by Crippen LogP contribution is -2.23. The van der Waals surface area contributed by atoms with Gasteiger partial charge in [0.25, 0.3) is 0 Å². The summed E-state index contributed by atoms with van der Waals surface area (Å²) in [6, 6.07) is 11.8. The monoisotopic (exact) mass is 398 g/mol. The number of nitrogens with zero attached hydrogens (tertiary/aromatic N) is 4. The molecular formula is C20H19ClN4OS. The lowest BCUT2D eigenvalue weighted by Gasteiger charge is -2.14. The van der Waals surface area contributed by atoms with Gasteiger partial charge in [-0.3, -0.25) is 9.79 Å². The summed E-state index contributed by atoms with van der Waals surface area (Å²) < 4.78 is 2.62. The van der Waals surface area contributed by atoms with E-state index in [-0.39, 0.29) is 5.78 Å². The molecule has 2 aromatic heterocycles. The molecule has 138 valence electrons. The van der Waals surface area contributed by atoms with E-state index in [0.717, 1.165) is 35.9 Å². The number of thiophene rings is 1. The van der Waals surface area contributed by atoms with E-state index in [1.165, 1.54) is 11.3 Å². The number of carbonyl (C=O) groups is 1. The number of Topliss-reactive ketones (excluding diaryl/α,β-unsaturated/α-hetero) is 1. The molecule has 0 fully saturated rings. The SMILES string of the molecule is CN1CCN=C1c1ccc(-n2cnc(CCC(=O)c3ccc(Cl)s3)c2)cc1. The predicted molar refractivity (Wildman–Crippen MR) is 110 cm³/mol. The number of halogens is 1. The van der Waals surface area contributed by atoms with Crippen molar-refractivity contribution >= 4 is 34.6 Å². The first-order chi connectivity index (χ1) is 13.1. The summed E-state index contributed by atoms with van der Waals surface area (Å²) in [5.74, 6) is 1.15. The Morgan fingerprint density at radius 3 is 2.70 bits per heavy atom. The van der Waals surface area contributed by atoms with Crippen LogP contribution >= 0.6 is 22.9 Å². The molecule has 5 nitrogen and oxygen atoms in total. The van der Waals surface area contributed by atoms with Crippen molar-refractivity contribution in [2.75, 3.05) is 20.1 Å². The van der Waals surface area contributed by atoms with E-state index in [1.807, 2.05) is 10.8 Å². The van der Waals surface area contributed by atoms with Crippen LogP contribution in [0.25, 0.3) is 5.69 Å². The molecule has 4 rings (SSSR count). The molecule has 7 heteroatoms. The molecule has 0 spiro atoms. The van der Waals surface area contributed by atoms with Gasteiger partial charge in [-0.25, -0.2) is 4.98 Å². The summed E-state index contributed by atoms with van der Waals surface area (Å²) in [4.78, 5) is 24.0. The summed E-state index contributed by atoms with van der Waals surface area (Å²) in [5, 5.41) is 0. The second-order valence-corrected chi connectivity index (χ2v) is 8.19. The van der Waals surface area contributed by atoms with Gasteiger partial charge >= 0.3 is 0 Å². The van der Waals surface area contributed by atoms with Crippen molar-refractivity contribution in [3.8, 4) is 5.69 Å². The highest BCUT2D eigenvalue weighted by Crippen LogP contribution is 2.23. The first kappa shape index (κ1) is 17.9. The van der Waals surface area contributed by atoms with Crippen molar-refractivity contribution in [2.24, 2.45) is 4.99 Å². The number of carbonyl (C=O) groups excluding carboxylic acids is 1. The fraction of sp³-hybridized carbons (Fsp3) is 0.250. The van der Waals surface area contributed by atoms with Gasteiger partial charge in [0.1, 0.15) is 5.84 Å². The molecular weight excluding hydrogens is 380 g/mol. The number of hydrogen-bond acceptors (Lipinski definition) is 5. The van der Waals surface area contributed by atoms with Crippen LogP contribution in [0.5, 0.6) is 0 Å². The van der Waals surface area contributed by atoms with Crippen LogP contribution < -0.4 is 0 Å². The quantitative estimate of drug-likeness (QED) is 0.587. The molecule has 27 heavy (non-hydrogen) atoms. The number of amidine groups is 1. The number of aryl methyl sites for hydroxylation is 1. The molecule has 0 bridgehead atoms. The van der Waals surface area contributed by atoms with Crippen molar-refractivity contribution in [3.05, 3.63) is 69.4 Å². The minimum Gasteiger partial charge on any atom is -0.358 e. The Morgan fingerprint density at radius 1 is 1.22 bits per heavy atom. The molecule has 3 aromatic rings. The molecule has 0 saturated carbocycles. The van der Waals surface area contributed by atoms with E-state index < -0.39 is 0 Å². The van der Waals surface area contributed by atoms with E-state index in [9.17, 15) is 4.79 Å². The van der Waals surface area contributed by atoms with E-state index in [2.05, 4.69) is 46.2 Å². The Kier molecular flexibility index (Phi) is 5.09. The molecule has 1 aliphatic heterocycles. The zero-order valence-electron chi connectivity index (χ0n) is 14.9. The van der Waals surface area contributed by atoms with Crippen molar-refractivity contribution < 1.29 is 4.79 Å². The van der Waals surface area contributed by atoms with Gasteiger partial charge in [0.05, 0.1) is 27.8 Å². The largest absolute Gasteiger partial charge is 0.358 e. The summed E-state index contributed by atoms with van der Waals surface area (Å²) in [5.41, 5.74) is 3.06. The normalized spacial score (nSPS) is 13.9. The number of aliphatic imine (C=N–C) groups is 1. The standard InChI is InChI=1S/C20H19ClN4OS/c1-24-11-10-22-20(24)14-2-5-16(6-3-14)25-12-15(23-13-25)4-7-17(26)18-8-9-19(21)27-18/h2-3,5-6,8-9,12-13H,4,7,10-11H2,1H3. The van der Waals surface area contributed by atoms with Gasteiger partial charge in [-0.15, -0.1) is 11.3 Å². The van der Waals surface area contributed by atoms with Crippen LogP contribution in [0.4, 0.5) is 0 Å². The van der Waals surface area contributed by atoms with Crippen LogP contribution in [-0.2, 0) is 6.42 Å². The molecule has 1 aromatic carbocycles. The van der Waals surface area contributed by atoms with Gasteiger partial charge in [-0.05, 0) is 42.8 Å². The predicted octanol–water partition coefficient (Wildman–Crippen LogP) is 4.09. The fourth-order valence-corrected chi connectivity index (χ4v) is 4.10. The molecule has 0 atom stereocenters. The maximum Gasteiger partial charge on any atom is 0.173 e. The number of hydrogen-bond donors (Lipinski definition) is 0. The van der Waals surface area contributed by atoms with Crippen LogP contribution in [0.2, 0.25) is 4.34 Å². The van der Waals surface area contributed by atoms with Gasteiger partial charge in [-0.1, -0.05) is 11.6 Å². The summed E-state index contributed by atoms with van der Waals surface area (Å²) in [7, 11) is 2.06. The van der Waals surface area contributed by atoms with Crippen molar-refractivity contribution in [1.29, 1.82) is 0 Å². The van der Waals surface area contributed by atoms with E-state index in [4.69, 9.17) is 11.6 Å². The highest BCUT2D eigenvalue weighted by atomic mass is 35.5. The number of ketones is 1. The van der Waals surface area contributed by atoms with Gasteiger partial charge in [0.2, 0.25) is 0 Å². The van der Waals surface area contributed by atoms with E-state index in [0.29, 0.717) is 22.1 Å². The number of rotatable bonds is 6. The van der Waals surface area contributed by atoms with Gasteiger partial charge in [0.15, 0.2) is 5.78 Å². The highest BCUT2D eigenvalue weighted by Gasteiger charge is 2.14. The molecule has 1 aliphatic rings. The van der Waals surface area contributed by atoms with E-state index >= 15 is 0 Å². The van der Waals surface area contributed by atoms with E-state index in [1.54, 1.807) is 18.5 Å². The van der Waals surface area contributed by atoms with Crippen LogP contribution in [0.15, 0.2) is 53.9 Å². The molecule has 0 amide bonds. The first-order valence-corrected chi connectivity index (χ1v) is 9.97. The lowest BCUT2D eigenvalue weighted by atomic mass is 10.1. The van der Waals surface area contributed by atoms with Crippen LogP contribution in [-0.4, -0.2) is 46.2 Å². The summed E-state index contributed by atoms with van der Waals surface area (Å²) in [6.45, 7) is 1.83. The number of aromatic nitrogens is 2. The summed E-state index contributed by atoms with van der Waals surface area (Å²) >= 11 is 7.22.